The standard InChI is InChI=1S/C16H23NO2/c1-19-16(18)15-11-5-6-12-17(15)13-7-10-14-8-3-2-4-9-14/h2-4,8-9,15H,5-7,10-13H2,1H3/t15-/m1/s1. The third-order valence-corrected chi connectivity index (χ3v) is 3.84. The van der Waals surface area contributed by atoms with Crippen LogP contribution < -0.4 is 0 Å². The Morgan fingerprint density at radius 1 is 1.32 bits per heavy atom. The number of rotatable bonds is 5. The molecule has 104 valence electrons. The number of hydrogen-bond acceptors (Lipinski definition) is 3. The number of carbonyl (C=O) groups is 1. The van der Waals surface area contributed by atoms with Gasteiger partial charge in [0.1, 0.15) is 6.04 Å². The Hall–Kier alpha value is -1.35. The monoisotopic (exact) mass is 261 g/mol. The van der Waals surface area contributed by atoms with Gasteiger partial charge in [-0.15, -0.1) is 0 Å². The van der Waals surface area contributed by atoms with Gasteiger partial charge >= 0.3 is 5.97 Å². The molecular weight excluding hydrogens is 238 g/mol. The lowest BCUT2D eigenvalue weighted by Crippen LogP contribution is -2.45. The van der Waals surface area contributed by atoms with Crippen LogP contribution in [0.2, 0.25) is 0 Å². The van der Waals surface area contributed by atoms with E-state index in [0.717, 1.165) is 38.8 Å². The molecule has 0 saturated carbocycles. The highest BCUT2D eigenvalue weighted by Crippen LogP contribution is 2.18. The van der Waals surface area contributed by atoms with Gasteiger partial charge in [0, 0.05) is 0 Å². The average molecular weight is 261 g/mol. The van der Waals surface area contributed by atoms with E-state index in [0.29, 0.717) is 0 Å². The second-order valence-electron chi connectivity index (χ2n) is 5.16. The van der Waals surface area contributed by atoms with Crippen LogP contribution in [0.15, 0.2) is 30.3 Å². The fourth-order valence-corrected chi connectivity index (χ4v) is 2.79. The lowest BCUT2D eigenvalue weighted by Gasteiger charge is -2.33. The first-order valence-corrected chi connectivity index (χ1v) is 7.17. The highest BCUT2D eigenvalue weighted by molar-refractivity contribution is 5.75. The van der Waals surface area contributed by atoms with Crippen molar-refractivity contribution in [2.24, 2.45) is 0 Å². The van der Waals surface area contributed by atoms with E-state index in [2.05, 4.69) is 29.2 Å². The Labute approximate surface area is 115 Å². The highest BCUT2D eigenvalue weighted by Gasteiger charge is 2.28. The molecule has 0 radical (unpaired) electrons. The predicted octanol–water partition coefficient (Wildman–Crippen LogP) is 2.65. The Morgan fingerprint density at radius 3 is 2.84 bits per heavy atom. The lowest BCUT2D eigenvalue weighted by molar-refractivity contribution is -0.148. The molecule has 19 heavy (non-hydrogen) atoms. The lowest BCUT2D eigenvalue weighted by atomic mass is 10.0. The van der Waals surface area contributed by atoms with Gasteiger partial charge in [0.15, 0.2) is 0 Å². The number of likely N-dealkylation sites (tertiary alicyclic amines) is 1. The first-order valence-electron chi connectivity index (χ1n) is 7.17. The highest BCUT2D eigenvalue weighted by atomic mass is 16.5. The molecule has 1 aliphatic heterocycles. The maximum atomic E-state index is 11.7. The first kappa shape index (κ1) is 14.1. The van der Waals surface area contributed by atoms with Crippen LogP contribution in [0.5, 0.6) is 0 Å². The minimum Gasteiger partial charge on any atom is -0.468 e. The maximum Gasteiger partial charge on any atom is 0.323 e. The van der Waals surface area contributed by atoms with Gasteiger partial charge in [0.05, 0.1) is 7.11 Å². The topological polar surface area (TPSA) is 29.5 Å². The minimum atomic E-state index is -0.0700. The summed E-state index contributed by atoms with van der Waals surface area (Å²) in [6, 6.07) is 10.5. The normalized spacial score (nSPS) is 20.2. The van der Waals surface area contributed by atoms with Crippen LogP contribution in [-0.2, 0) is 16.0 Å². The summed E-state index contributed by atoms with van der Waals surface area (Å²) in [6.07, 6.45) is 5.44. The van der Waals surface area contributed by atoms with Crippen molar-refractivity contribution in [2.45, 2.75) is 38.1 Å². The van der Waals surface area contributed by atoms with Crippen LogP contribution in [0.25, 0.3) is 0 Å². The van der Waals surface area contributed by atoms with E-state index in [1.165, 1.54) is 19.1 Å². The van der Waals surface area contributed by atoms with E-state index < -0.39 is 0 Å². The first-order chi connectivity index (χ1) is 9.31. The molecule has 1 aromatic rings. The van der Waals surface area contributed by atoms with E-state index >= 15 is 0 Å². The van der Waals surface area contributed by atoms with Crippen LogP contribution in [0.1, 0.15) is 31.2 Å². The van der Waals surface area contributed by atoms with E-state index in [1.54, 1.807) is 0 Å². The zero-order valence-electron chi connectivity index (χ0n) is 11.7. The third kappa shape index (κ3) is 4.06. The largest absolute Gasteiger partial charge is 0.468 e. The summed E-state index contributed by atoms with van der Waals surface area (Å²) < 4.78 is 4.90. The zero-order chi connectivity index (χ0) is 13.5. The summed E-state index contributed by atoms with van der Waals surface area (Å²) in [7, 11) is 1.49. The molecule has 0 N–H and O–H groups in total. The van der Waals surface area contributed by atoms with Crippen LogP contribution >= 0.6 is 0 Å². The molecule has 1 aliphatic rings. The summed E-state index contributed by atoms with van der Waals surface area (Å²) in [5, 5.41) is 0. The Kier molecular flexibility index (Phi) is 5.40. The Morgan fingerprint density at radius 2 is 2.11 bits per heavy atom. The number of esters is 1. The fourth-order valence-electron chi connectivity index (χ4n) is 2.79. The van der Waals surface area contributed by atoms with Crippen molar-refractivity contribution in [1.82, 2.24) is 4.90 Å². The molecule has 1 heterocycles. The fraction of sp³-hybridized carbons (Fsp3) is 0.562. The molecule has 0 aliphatic carbocycles. The second kappa shape index (κ2) is 7.29. The molecule has 3 heteroatoms. The van der Waals surface area contributed by atoms with E-state index in [4.69, 9.17) is 4.74 Å². The smallest absolute Gasteiger partial charge is 0.323 e. The average Bonchev–Trinajstić information content (AvgIpc) is 2.48. The van der Waals surface area contributed by atoms with Crippen LogP contribution in [0.3, 0.4) is 0 Å². The zero-order valence-corrected chi connectivity index (χ0v) is 11.7. The SMILES string of the molecule is COC(=O)[C@H]1CCCCN1CCCc1ccccc1. The van der Waals surface area contributed by atoms with E-state index in [-0.39, 0.29) is 12.0 Å². The molecule has 1 saturated heterocycles. The van der Waals surface area contributed by atoms with Gasteiger partial charge in [0.25, 0.3) is 0 Å². The number of hydrogen-bond donors (Lipinski definition) is 0. The van der Waals surface area contributed by atoms with Gasteiger partial charge in [-0.1, -0.05) is 36.8 Å². The van der Waals surface area contributed by atoms with E-state index in [9.17, 15) is 4.79 Å². The molecule has 0 unspecified atom stereocenters. The van der Waals surface area contributed by atoms with Crippen molar-refractivity contribution in [3.05, 3.63) is 35.9 Å². The van der Waals surface area contributed by atoms with Gasteiger partial charge in [-0.2, -0.15) is 0 Å². The number of nitrogens with zero attached hydrogens (tertiary/aromatic N) is 1. The molecule has 1 fully saturated rings. The predicted molar refractivity (Wildman–Crippen MR) is 76.0 cm³/mol. The number of benzene rings is 1. The van der Waals surface area contributed by atoms with Gasteiger partial charge < -0.3 is 4.74 Å². The van der Waals surface area contributed by atoms with Crippen molar-refractivity contribution in [3.63, 3.8) is 0 Å². The maximum absolute atomic E-state index is 11.7. The van der Waals surface area contributed by atoms with Gasteiger partial charge in [-0.05, 0) is 44.3 Å². The summed E-state index contributed by atoms with van der Waals surface area (Å²) in [5.41, 5.74) is 1.37. The number of ether oxygens (including phenoxy) is 1. The molecule has 3 nitrogen and oxygen atoms in total. The minimum absolute atomic E-state index is 0.0190. The quantitative estimate of drug-likeness (QED) is 0.763. The van der Waals surface area contributed by atoms with Crippen LogP contribution in [0.4, 0.5) is 0 Å². The molecule has 1 aromatic carbocycles. The number of aryl methyl sites for hydroxylation is 1. The number of carbonyl (C=O) groups excluding carboxylic acids is 1. The van der Waals surface area contributed by atoms with Crippen LogP contribution in [-0.4, -0.2) is 37.1 Å². The number of piperidine rings is 1. The Bertz CT molecular complexity index is 391. The molecule has 0 bridgehead atoms. The molecule has 0 spiro atoms. The molecule has 1 atom stereocenters. The van der Waals surface area contributed by atoms with Crippen molar-refractivity contribution >= 4 is 5.97 Å². The van der Waals surface area contributed by atoms with Crippen molar-refractivity contribution < 1.29 is 9.53 Å². The van der Waals surface area contributed by atoms with Crippen LogP contribution in [0, 0.1) is 0 Å². The Balaban J connectivity index is 1.81. The molecule has 2 rings (SSSR count). The second-order valence-corrected chi connectivity index (χ2v) is 5.16. The summed E-state index contributed by atoms with van der Waals surface area (Å²) in [4.78, 5) is 14.0. The van der Waals surface area contributed by atoms with Gasteiger partial charge in [-0.25, -0.2) is 0 Å². The summed E-state index contributed by atoms with van der Waals surface area (Å²) >= 11 is 0. The van der Waals surface area contributed by atoms with Crippen molar-refractivity contribution in [3.8, 4) is 0 Å². The molecular formula is C16H23NO2. The van der Waals surface area contributed by atoms with Gasteiger partial charge in [-0.3, -0.25) is 9.69 Å². The third-order valence-electron chi connectivity index (χ3n) is 3.84. The van der Waals surface area contributed by atoms with E-state index in [1.807, 2.05) is 6.07 Å². The van der Waals surface area contributed by atoms with Crippen molar-refractivity contribution in [1.29, 1.82) is 0 Å². The van der Waals surface area contributed by atoms with Crippen molar-refractivity contribution in [2.75, 3.05) is 20.2 Å². The number of methoxy groups -OCH3 is 1. The molecule has 0 amide bonds. The summed E-state index contributed by atoms with van der Waals surface area (Å²) in [6.45, 7) is 2.00. The molecule has 0 aromatic heterocycles. The summed E-state index contributed by atoms with van der Waals surface area (Å²) in [5.74, 6) is -0.0700. The van der Waals surface area contributed by atoms with Gasteiger partial charge in [0.2, 0.25) is 0 Å².